The maximum atomic E-state index is 5.56. The molecule has 0 amide bonds. The molecule has 2 unspecified atom stereocenters. The molecule has 0 aliphatic heterocycles. The van der Waals surface area contributed by atoms with Gasteiger partial charge in [-0.2, -0.15) is 5.10 Å². The summed E-state index contributed by atoms with van der Waals surface area (Å²) in [6, 6.07) is 0.362. The highest BCUT2D eigenvalue weighted by Crippen LogP contribution is 2.17. The average Bonchev–Trinajstić information content (AvgIpc) is 2.49. The lowest BCUT2D eigenvalue weighted by atomic mass is 10.1. The second kappa shape index (κ2) is 4.05. The van der Waals surface area contributed by atoms with E-state index in [-0.39, 0.29) is 0 Å². The van der Waals surface area contributed by atoms with Crippen LogP contribution in [0.15, 0.2) is 16.9 Å². The van der Waals surface area contributed by atoms with E-state index >= 15 is 0 Å². The Morgan fingerprint density at radius 3 is 2.75 bits per heavy atom. The van der Waals surface area contributed by atoms with Gasteiger partial charge in [-0.15, -0.1) is 0 Å². The minimum Gasteiger partial charge on any atom is -0.330 e. The molecule has 12 heavy (non-hydrogen) atoms. The lowest BCUT2D eigenvalue weighted by molar-refractivity contribution is 0.358. The van der Waals surface area contributed by atoms with Crippen LogP contribution >= 0.6 is 15.9 Å². The van der Waals surface area contributed by atoms with Crippen molar-refractivity contribution in [1.29, 1.82) is 0 Å². The van der Waals surface area contributed by atoms with Gasteiger partial charge in [-0.25, -0.2) is 0 Å². The molecule has 0 radical (unpaired) electrons. The van der Waals surface area contributed by atoms with Crippen LogP contribution < -0.4 is 5.73 Å². The first-order valence-electron chi connectivity index (χ1n) is 4.05. The van der Waals surface area contributed by atoms with Gasteiger partial charge in [0.1, 0.15) is 0 Å². The van der Waals surface area contributed by atoms with Crippen LogP contribution in [0.25, 0.3) is 0 Å². The van der Waals surface area contributed by atoms with Crippen molar-refractivity contribution in [2.24, 2.45) is 11.7 Å². The Kier molecular flexibility index (Phi) is 3.29. The van der Waals surface area contributed by atoms with Crippen LogP contribution in [0.5, 0.6) is 0 Å². The van der Waals surface area contributed by atoms with Crippen LogP contribution in [0.3, 0.4) is 0 Å². The van der Waals surface area contributed by atoms with E-state index in [2.05, 4.69) is 34.9 Å². The van der Waals surface area contributed by atoms with Crippen LogP contribution in [0.4, 0.5) is 0 Å². The largest absolute Gasteiger partial charge is 0.330 e. The summed E-state index contributed by atoms with van der Waals surface area (Å²) in [6.45, 7) is 4.94. The van der Waals surface area contributed by atoms with E-state index in [4.69, 9.17) is 5.73 Å². The number of halogens is 1. The third-order valence-electron chi connectivity index (χ3n) is 2.18. The number of rotatable bonds is 3. The van der Waals surface area contributed by atoms with E-state index in [0.717, 1.165) is 4.47 Å². The minimum atomic E-state index is 0.362. The highest BCUT2D eigenvalue weighted by atomic mass is 79.9. The fourth-order valence-corrected chi connectivity index (χ4v) is 1.30. The van der Waals surface area contributed by atoms with Crippen molar-refractivity contribution in [1.82, 2.24) is 9.78 Å². The summed E-state index contributed by atoms with van der Waals surface area (Å²) in [5, 5.41) is 4.20. The highest BCUT2D eigenvalue weighted by molar-refractivity contribution is 9.10. The first-order chi connectivity index (χ1) is 5.65. The molecule has 2 N–H and O–H groups in total. The van der Waals surface area contributed by atoms with Gasteiger partial charge in [0.2, 0.25) is 0 Å². The number of aromatic nitrogens is 2. The zero-order valence-electron chi connectivity index (χ0n) is 7.37. The summed E-state index contributed by atoms with van der Waals surface area (Å²) in [6.07, 6.45) is 3.76. The van der Waals surface area contributed by atoms with Crippen molar-refractivity contribution < 1.29 is 0 Å². The van der Waals surface area contributed by atoms with Gasteiger partial charge in [0, 0.05) is 6.20 Å². The van der Waals surface area contributed by atoms with Gasteiger partial charge in [-0.05, 0) is 35.3 Å². The Hall–Kier alpha value is -0.350. The molecule has 0 saturated carbocycles. The monoisotopic (exact) mass is 231 g/mol. The number of nitrogens with two attached hydrogens (primary N) is 1. The van der Waals surface area contributed by atoms with Crippen molar-refractivity contribution in [2.45, 2.75) is 19.9 Å². The maximum Gasteiger partial charge on any atom is 0.0632 e. The number of nitrogens with zero attached hydrogens (tertiary/aromatic N) is 2. The highest BCUT2D eigenvalue weighted by Gasteiger charge is 2.12. The molecule has 4 heteroatoms. The zero-order valence-corrected chi connectivity index (χ0v) is 8.95. The molecule has 0 fully saturated rings. The van der Waals surface area contributed by atoms with Crippen molar-refractivity contribution in [2.75, 3.05) is 6.54 Å². The molecule has 0 saturated heterocycles. The van der Waals surface area contributed by atoms with Crippen LogP contribution in [0.2, 0.25) is 0 Å². The van der Waals surface area contributed by atoms with Crippen LogP contribution in [-0.2, 0) is 0 Å². The van der Waals surface area contributed by atoms with Gasteiger partial charge in [0.15, 0.2) is 0 Å². The minimum absolute atomic E-state index is 0.362. The van der Waals surface area contributed by atoms with E-state index in [1.165, 1.54) is 0 Å². The lowest BCUT2D eigenvalue weighted by Gasteiger charge is -2.18. The standard InChI is InChI=1S/C8H14BrN3/c1-6(3-10)7(2)12-5-8(9)4-11-12/h4-7H,3,10H2,1-2H3. The van der Waals surface area contributed by atoms with Gasteiger partial charge >= 0.3 is 0 Å². The van der Waals surface area contributed by atoms with Crippen molar-refractivity contribution in [3.63, 3.8) is 0 Å². The zero-order chi connectivity index (χ0) is 9.14. The Labute approximate surface area is 81.1 Å². The average molecular weight is 232 g/mol. The molecule has 3 nitrogen and oxygen atoms in total. The summed E-state index contributed by atoms with van der Waals surface area (Å²) in [7, 11) is 0. The second-order valence-corrected chi connectivity index (χ2v) is 4.01. The topological polar surface area (TPSA) is 43.8 Å². The van der Waals surface area contributed by atoms with E-state index < -0.39 is 0 Å². The second-order valence-electron chi connectivity index (χ2n) is 3.09. The molecule has 1 heterocycles. The molecule has 1 aromatic rings. The third kappa shape index (κ3) is 2.08. The quantitative estimate of drug-likeness (QED) is 0.863. The lowest BCUT2D eigenvalue weighted by Crippen LogP contribution is -2.21. The normalized spacial score (nSPS) is 16.0. The maximum absolute atomic E-state index is 5.56. The Morgan fingerprint density at radius 1 is 1.67 bits per heavy atom. The van der Waals surface area contributed by atoms with E-state index in [1.807, 2.05) is 10.9 Å². The molecule has 0 aromatic carbocycles. The third-order valence-corrected chi connectivity index (χ3v) is 2.59. The van der Waals surface area contributed by atoms with E-state index in [0.29, 0.717) is 18.5 Å². The van der Waals surface area contributed by atoms with Gasteiger partial charge in [0.05, 0.1) is 16.7 Å². The molecule has 1 aromatic heterocycles. The Bertz CT molecular complexity index is 246. The number of hydrogen-bond acceptors (Lipinski definition) is 2. The van der Waals surface area contributed by atoms with Gasteiger partial charge in [-0.1, -0.05) is 6.92 Å². The summed E-state index contributed by atoms with van der Waals surface area (Å²) < 4.78 is 2.94. The molecular formula is C8H14BrN3. The Balaban J connectivity index is 2.70. The fraction of sp³-hybridized carbons (Fsp3) is 0.625. The molecule has 0 bridgehead atoms. The fourth-order valence-electron chi connectivity index (χ4n) is 0.995. The van der Waals surface area contributed by atoms with Crippen molar-refractivity contribution in [3.8, 4) is 0 Å². The predicted octanol–water partition coefficient (Wildman–Crippen LogP) is 1.80. The summed E-state index contributed by atoms with van der Waals surface area (Å²) in [5.41, 5.74) is 5.56. The predicted molar refractivity (Wildman–Crippen MR) is 52.9 cm³/mol. The van der Waals surface area contributed by atoms with Crippen LogP contribution in [0, 0.1) is 5.92 Å². The first kappa shape index (κ1) is 9.74. The molecule has 2 atom stereocenters. The van der Waals surface area contributed by atoms with E-state index in [1.54, 1.807) is 6.20 Å². The smallest absolute Gasteiger partial charge is 0.0632 e. The summed E-state index contributed by atoms with van der Waals surface area (Å²) in [4.78, 5) is 0. The van der Waals surface area contributed by atoms with Gasteiger partial charge in [-0.3, -0.25) is 4.68 Å². The van der Waals surface area contributed by atoms with Crippen LogP contribution in [-0.4, -0.2) is 16.3 Å². The molecule has 0 aliphatic rings. The summed E-state index contributed by atoms with van der Waals surface area (Å²) >= 11 is 3.36. The molecule has 0 aliphatic carbocycles. The van der Waals surface area contributed by atoms with Crippen LogP contribution in [0.1, 0.15) is 19.9 Å². The molecule has 68 valence electrons. The van der Waals surface area contributed by atoms with E-state index in [9.17, 15) is 0 Å². The SMILES string of the molecule is CC(CN)C(C)n1cc(Br)cn1. The molecule has 0 spiro atoms. The molecule has 1 rings (SSSR count). The Morgan fingerprint density at radius 2 is 2.33 bits per heavy atom. The van der Waals surface area contributed by atoms with Crippen molar-refractivity contribution in [3.05, 3.63) is 16.9 Å². The molecular weight excluding hydrogens is 218 g/mol. The van der Waals surface area contributed by atoms with Gasteiger partial charge < -0.3 is 5.73 Å². The first-order valence-corrected chi connectivity index (χ1v) is 4.84. The number of hydrogen-bond donors (Lipinski definition) is 1. The van der Waals surface area contributed by atoms with Gasteiger partial charge in [0.25, 0.3) is 0 Å². The van der Waals surface area contributed by atoms with Crippen molar-refractivity contribution >= 4 is 15.9 Å². The summed E-state index contributed by atoms with van der Waals surface area (Å²) in [5.74, 6) is 0.455.